The van der Waals surface area contributed by atoms with Crippen LogP contribution in [0.3, 0.4) is 0 Å². The molecule has 0 N–H and O–H groups in total. The number of piperidine rings is 1. The fourth-order valence-corrected chi connectivity index (χ4v) is 5.57. The van der Waals surface area contributed by atoms with Crippen molar-refractivity contribution in [1.29, 1.82) is 0 Å². The molecule has 102 valence electrons. The Labute approximate surface area is 114 Å². The maximum Gasteiger partial charge on any atom is 0.410 e. The van der Waals surface area contributed by atoms with E-state index >= 15 is 0 Å². The second-order valence-electron chi connectivity index (χ2n) is 5.86. The van der Waals surface area contributed by atoms with Gasteiger partial charge < -0.3 is 9.64 Å². The van der Waals surface area contributed by atoms with Crippen LogP contribution in [-0.2, 0) is 4.74 Å². The molecule has 2 bridgehead atoms. The first-order valence-electron chi connectivity index (χ1n) is 7.37. The van der Waals surface area contributed by atoms with Crippen LogP contribution >= 0.6 is 11.8 Å². The van der Waals surface area contributed by atoms with Crippen molar-refractivity contribution in [3.63, 3.8) is 0 Å². The molecule has 1 amide bonds. The minimum absolute atomic E-state index is 0.0512. The van der Waals surface area contributed by atoms with Gasteiger partial charge in [0, 0.05) is 30.0 Å². The molecule has 0 aromatic carbocycles. The number of carbonyl (C=O) groups is 1. The van der Waals surface area contributed by atoms with E-state index in [9.17, 15) is 4.79 Å². The highest BCUT2D eigenvalue weighted by atomic mass is 32.2. The summed E-state index contributed by atoms with van der Waals surface area (Å²) < 4.78 is 5.99. The van der Waals surface area contributed by atoms with Crippen molar-refractivity contribution in [2.45, 2.75) is 68.0 Å². The summed E-state index contributed by atoms with van der Waals surface area (Å²) in [5.74, 6) is 0. The Bertz CT molecular complexity index is 330. The van der Waals surface area contributed by atoms with Gasteiger partial charge in [-0.2, -0.15) is 11.8 Å². The first kappa shape index (κ1) is 12.6. The summed E-state index contributed by atoms with van der Waals surface area (Å²) in [7, 11) is 0. The van der Waals surface area contributed by atoms with E-state index < -0.39 is 0 Å². The van der Waals surface area contributed by atoms with Crippen LogP contribution in [0.1, 0.15) is 51.9 Å². The van der Waals surface area contributed by atoms with Crippen LogP contribution in [-0.4, -0.2) is 40.2 Å². The van der Waals surface area contributed by atoms with E-state index in [4.69, 9.17) is 4.74 Å². The Kier molecular flexibility index (Phi) is 3.48. The van der Waals surface area contributed by atoms with Crippen LogP contribution in [0, 0.1) is 0 Å². The molecule has 3 aliphatic rings. The summed E-state index contributed by atoms with van der Waals surface area (Å²) >= 11 is 2.06. The second-order valence-corrected chi connectivity index (χ2v) is 7.37. The van der Waals surface area contributed by atoms with Gasteiger partial charge in [-0.05, 0) is 38.5 Å². The SMILES string of the molecule is CCC1(OC(=O)N2CCCCC2)CC2CCC1S2. The fraction of sp³-hybridized carbons (Fsp3) is 0.929. The van der Waals surface area contributed by atoms with Gasteiger partial charge in [0.25, 0.3) is 0 Å². The molecular formula is C14H23NO2S. The van der Waals surface area contributed by atoms with Gasteiger partial charge in [-0.15, -0.1) is 0 Å². The van der Waals surface area contributed by atoms with Crippen LogP contribution in [0.2, 0.25) is 0 Å². The van der Waals surface area contributed by atoms with E-state index in [1.165, 1.54) is 19.3 Å². The maximum absolute atomic E-state index is 12.3. The predicted molar refractivity (Wildman–Crippen MR) is 73.9 cm³/mol. The Hall–Kier alpha value is -0.380. The van der Waals surface area contributed by atoms with Gasteiger partial charge in [0.2, 0.25) is 0 Å². The lowest BCUT2D eigenvalue weighted by Crippen LogP contribution is -2.47. The van der Waals surface area contributed by atoms with Crippen molar-refractivity contribution in [2.75, 3.05) is 13.1 Å². The average molecular weight is 269 g/mol. The highest BCUT2D eigenvalue weighted by Crippen LogP contribution is 2.54. The zero-order chi connectivity index (χ0) is 12.6. The average Bonchev–Trinajstić information content (AvgIpc) is 3.00. The van der Waals surface area contributed by atoms with Gasteiger partial charge in [0.05, 0.1) is 0 Å². The topological polar surface area (TPSA) is 29.5 Å². The van der Waals surface area contributed by atoms with Crippen molar-refractivity contribution >= 4 is 17.9 Å². The summed E-state index contributed by atoms with van der Waals surface area (Å²) in [5.41, 5.74) is -0.151. The first-order chi connectivity index (χ1) is 8.73. The number of nitrogens with zero attached hydrogens (tertiary/aromatic N) is 1. The third-order valence-electron chi connectivity index (χ3n) is 4.77. The molecule has 3 heterocycles. The summed E-state index contributed by atoms with van der Waals surface area (Å²) in [5, 5.41) is 1.30. The van der Waals surface area contributed by atoms with Gasteiger partial charge in [0.1, 0.15) is 5.60 Å². The number of hydrogen-bond acceptors (Lipinski definition) is 3. The standard InChI is InChI=1S/C14H23NO2S/c1-2-14(10-11-6-7-12(14)18-11)17-13(16)15-8-4-3-5-9-15/h11-12H,2-10H2,1H3. The predicted octanol–water partition coefficient (Wildman–Crippen LogP) is 3.43. The molecule has 3 nitrogen and oxygen atoms in total. The van der Waals surface area contributed by atoms with Crippen LogP contribution in [0.15, 0.2) is 0 Å². The quantitative estimate of drug-likeness (QED) is 0.769. The number of hydrogen-bond donors (Lipinski definition) is 0. The molecule has 3 fully saturated rings. The number of likely N-dealkylation sites (tertiary alicyclic amines) is 1. The van der Waals surface area contributed by atoms with Crippen molar-refractivity contribution in [2.24, 2.45) is 0 Å². The van der Waals surface area contributed by atoms with Crippen LogP contribution in [0.4, 0.5) is 4.79 Å². The zero-order valence-corrected chi connectivity index (χ0v) is 12.0. The molecule has 0 saturated carbocycles. The van der Waals surface area contributed by atoms with E-state index in [0.29, 0.717) is 5.25 Å². The molecule has 3 saturated heterocycles. The molecule has 3 unspecified atom stereocenters. The molecule has 0 spiro atoms. The molecule has 3 rings (SSSR count). The zero-order valence-electron chi connectivity index (χ0n) is 11.2. The maximum atomic E-state index is 12.3. The highest BCUT2D eigenvalue weighted by Gasteiger charge is 2.53. The smallest absolute Gasteiger partial charge is 0.410 e. The van der Waals surface area contributed by atoms with Gasteiger partial charge in [0.15, 0.2) is 0 Å². The molecule has 3 atom stereocenters. The number of rotatable bonds is 2. The molecule has 3 aliphatic heterocycles. The summed E-state index contributed by atoms with van der Waals surface area (Å²) in [6.07, 6.45) is 8.08. The van der Waals surface area contributed by atoms with E-state index in [-0.39, 0.29) is 11.7 Å². The lowest BCUT2D eigenvalue weighted by atomic mass is 9.83. The van der Waals surface area contributed by atoms with Gasteiger partial charge in [-0.3, -0.25) is 0 Å². The van der Waals surface area contributed by atoms with Crippen molar-refractivity contribution in [3.05, 3.63) is 0 Å². The fourth-order valence-electron chi connectivity index (χ4n) is 3.63. The monoisotopic (exact) mass is 269 g/mol. The van der Waals surface area contributed by atoms with Crippen LogP contribution < -0.4 is 0 Å². The van der Waals surface area contributed by atoms with Crippen molar-refractivity contribution in [3.8, 4) is 0 Å². The Morgan fingerprint density at radius 1 is 1.33 bits per heavy atom. The summed E-state index contributed by atoms with van der Waals surface area (Å²) in [4.78, 5) is 14.2. The van der Waals surface area contributed by atoms with E-state index in [2.05, 4.69) is 18.7 Å². The van der Waals surface area contributed by atoms with Crippen molar-refractivity contribution in [1.82, 2.24) is 4.90 Å². The minimum Gasteiger partial charge on any atom is -0.442 e. The molecule has 0 radical (unpaired) electrons. The largest absolute Gasteiger partial charge is 0.442 e. The summed E-state index contributed by atoms with van der Waals surface area (Å²) in [6.45, 7) is 3.95. The number of thioether (sulfide) groups is 1. The van der Waals surface area contributed by atoms with E-state index in [0.717, 1.165) is 44.0 Å². The second kappa shape index (κ2) is 4.95. The lowest BCUT2D eigenvalue weighted by molar-refractivity contribution is -0.0247. The minimum atomic E-state index is -0.151. The Balaban J connectivity index is 1.65. The van der Waals surface area contributed by atoms with Gasteiger partial charge in [-0.1, -0.05) is 6.92 Å². The highest BCUT2D eigenvalue weighted by molar-refractivity contribution is 8.01. The third kappa shape index (κ3) is 2.13. The Morgan fingerprint density at radius 3 is 2.67 bits per heavy atom. The van der Waals surface area contributed by atoms with Crippen LogP contribution in [0.5, 0.6) is 0 Å². The van der Waals surface area contributed by atoms with Gasteiger partial charge >= 0.3 is 6.09 Å². The van der Waals surface area contributed by atoms with E-state index in [1.807, 2.05) is 4.90 Å². The van der Waals surface area contributed by atoms with Crippen LogP contribution in [0.25, 0.3) is 0 Å². The Morgan fingerprint density at radius 2 is 2.11 bits per heavy atom. The number of ether oxygens (including phenoxy) is 1. The molecule has 4 heteroatoms. The first-order valence-corrected chi connectivity index (χ1v) is 8.31. The van der Waals surface area contributed by atoms with E-state index in [1.54, 1.807) is 0 Å². The molecule has 0 aromatic rings. The van der Waals surface area contributed by atoms with Crippen molar-refractivity contribution < 1.29 is 9.53 Å². The molecule has 18 heavy (non-hydrogen) atoms. The molecular weight excluding hydrogens is 246 g/mol. The third-order valence-corrected chi connectivity index (χ3v) is 6.55. The number of carbonyl (C=O) groups excluding carboxylic acids is 1. The normalized spacial score (nSPS) is 39.1. The van der Waals surface area contributed by atoms with Gasteiger partial charge in [-0.25, -0.2) is 4.79 Å². The lowest BCUT2D eigenvalue weighted by Gasteiger charge is -2.38. The molecule has 0 aromatic heterocycles. The molecule has 0 aliphatic carbocycles. The number of fused-ring (bicyclic) bond motifs is 2. The summed E-state index contributed by atoms with van der Waals surface area (Å²) in [6, 6.07) is 0. The number of amides is 1.